The normalized spacial score (nSPS) is 10.3. The number of nitriles is 1. The van der Waals surface area contributed by atoms with E-state index in [1.165, 1.54) is 0 Å². The Hall–Kier alpha value is -2.31. The molecule has 0 saturated heterocycles. The van der Waals surface area contributed by atoms with Crippen LogP contribution in [0.25, 0.3) is 0 Å². The molecule has 93 valence electrons. The summed E-state index contributed by atoms with van der Waals surface area (Å²) < 4.78 is 0. The van der Waals surface area contributed by atoms with Crippen molar-refractivity contribution < 1.29 is 4.84 Å². The third kappa shape index (κ3) is 3.84. The summed E-state index contributed by atoms with van der Waals surface area (Å²) in [4.78, 5) is 5.12. The number of halogens is 1. The lowest BCUT2D eigenvalue weighted by Crippen LogP contribution is -1.90. The second kappa shape index (κ2) is 6.58. The van der Waals surface area contributed by atoms with Crippen LogP contribution in [-0.4, -0.2) is 6.21 Å². The molecule has 0 saturated carbocycles. The molecular weight excluding hydrogens is 260 g/mol. The van der Waals surface area contributed by atoms with Crippen LogP contribution in [0.3, 0.4) is 0 Å². The first-order valence-electron chi connectivity index (χ1n) is 5.61. The van der Waals surface area contributed by atoms with Crippen molar-refractivity contribution in [1.29, 1.82) is 5.26 Å². The first-order chi connectivity index (χ1) is 9.29. The maximum absolute atomic E-state index is 8.90. The molecule has 2 aromatic rings. The summed E-state index contributed by atoms with van der Waals surface area (Å²) in [7, 11) is 0. The Morgan fingerprint density at radius 1 is 1.11 bits per heavy atom. The Kier molecular flexibility index (Phi) is 4.54. The summed E-state index contributed by atoms with van der Waals surface area (Å²) in [5.74, 6) is 0. The van der Waals surface area contributed by atoms with Gasteiger partial charge in [0.1, 0.15) is 12.8 Å². The summed E-state index contributed by atoms with van der Waals surface area (Å²) in [5, 5.41) is 13.3. The van der Waals surface area contributed by atoms with Gasteiger partial charge in [0.15, 0.2) is 0 Å². The summed E-state index contributed by atoms with van der Waals surface area (Å²) >= 11 is 5.86. The molecule has 1 radical (unpaired) electrons. The van der Waals surface area contributed by atoms with Gasteiger partial charge in [-0.3, -0.25) is 0 Å². The Morgan fingerprint density at radius 3 is 2.63 bits per heavy atom. The fourth-order valence-electron chi connectivity index (χ4n) is 1.49. The lowest BCUT2D eigenvalue weighted by Gasteiger charge is -2.00. The molecule has 0 unspecified atom stereocenters. The lowest BCUT2D eigenvalue weighted by atomic mass is 10.1. The highest BCUT2D eigenvalue weighted by Gasteiger charge is 1.98. The van der Waals surface area contributed by atoms with Crippen molar-refractivity contribution in [1.82, 2.24) is 0 Å². The molecule has 0 aromatic heterocycles. The van der Waals surface area contributed by atoms with Gasteiger partial charge >= 0.3 is 0 Å². The zero-order valence-corrected chi connectivity index (χ0v) is 10.8. The maximum Gasteiger partial charge on any atom is 0.142 e. The molecule has 0 heterocycles. The third-order valence-electron chi connectivity index (χ3n) is 2.40. The van der Waals surface area contributed by atoms with Crippen molar-refractivity contribution in [2.45, 2.75) is 6.61 Å². The van der Waals surface area contributed by atoms with Crippen molar-refractivity contribution in [2.75, 3.05) is 0 Å². The first-order valence-corrected chi connectivity index (χ1v) is 5.99. The Labute approximate surface area is 116 Å². The average Bonchev–Trinajstić information content (AvgIpc) is 2.44. The monoisotopic (exact) mass is 269 g/mol. The highest BCUT2D eigenvalue weighted by Crippen LogP contribution is 2.11. The Bertz CT molecular complexity index is 632. The van der Waals surface area contributed by atoms with Gasteiger partial charge in [-0.15, -0.1) is 0 Å². The second-order valence-corrected chi connectivity index (χ2v) is 4.20. The van der Waals surface area contributed by atoms with E-state index in [9.17, 15) is 0 Å². The molecule has 0 aliphatic carbocycles. The fraction of sp³-hybridized carbons (Fsp3) is 0.0667. The largest absolute Gasteiger partial charge is 0.390 e. The molecule has 0 fully saturated rings. The molecule has 0 aliphatic rings. The van der Waals surface area contributed by atoms with E-state index in [2.05, 4.69) is 17.4 Å². The highest BCUT2D eigenvalue weighted by atomic mass is 35.5. The molecule has 0 aliphatic heterocycles. The summed E-state index contributed by atoms with van der Waals surface area (Å²) in [6.07, 6.45) is 2.70. The quantitative estimate of drug-likeness (QED) is 0.628. The third-order valence-corrected chi connectivity index (χ3v) is 2.63. The molecular formula is C15H10ClN2O. The van der Waals surface area contributed by atoms with E-state index >= 15 is 0 Å². The molecule has 2 aromatic carbocycles. The van der Waals surface area contributed by atoms with Crippen LogP contribution in [0.1, 0.15) is 16.7 Å². The van der Waals surface area contributed by atoms with Crippen LogP contribution in [0.15, 0.2) is 53.7 Å². The SMILES string of the molecule is N#Cc1ccccc1/[C]=N\OCc1cccc(Cl)c1. The first kappa shape index (κ1) is 13.1. The van der Waals surface area contributed by atoms with Gasteiger partial charge in [0, 0.05) is 10.6 Å². The molecule has 0 N–H and O–H groups in total. The Morgan fingerprint density at radius 2 is 1.89 bits per heavy atom. The fourth-order valence-corrected chi connectivity index (χ4v) is 1.71. The minimum atomic E-state index is 0.308. The second-order valence-electron chi connectivity index (χ2n) is 3.76. The molecule has 19 heavy (non-hydrogen) atoms. The number of benzene rings is 2. The van der Waals surface area contributed by atoms with Gasteiger partial charge in [-0.2, -0.15) is 5.26 Å². The van der Waals surface area contributed by atoms with E-state index in [-0.39, 0.29) is 0 Å². The molecule has 3 nitrogen and oxygen atoms in total. The standard InChI is InChI=1S/C15H10ClN2O/c16-15-7-3-4-12(8-15)11-19-18-10-14-6-2-1-5-13(14)9-17/h1-8H,11H2. The Balaban J connectivity index is 1.96. The van der Waals surface area contributed by atoms with E-state index in [4.69, 9.17) is 21.7 Å². The minimum Gasteiger partial charge on any atom is -0.390 e. The van der Waals surface area contributed by atoms with Crippen molar-refractivity contribution in [2.24, 2.45) is 5.16 Å². The number of hydrogen-bond donors (Lipinski definition) is 0. The van der Waals surface area contributed by atoms with E-state index in [0.29, 0.717) is 22.8 Å². The zero-order valence-electron chi connectivity index (χ0n) is 10.0. The average molecular weight is 270 g/mol. The van der Waals surface area contributed by atoms with Crippen molar-refractivity contribution in [3.63, 3.8) is 0 Å². The number of hydrogen-bond acceptors (Lipinski definition) is 3. The molecule has 2 rings (SSSR count). The van der Waals surface area contributed by atoms with Gasteiger partial charge < -0.3 is 4.84 Å². The summed E-state index contributed by atoms with van der Waals surface area (Å²) in [6, 6.07) is 16.5. The van der Waals surface area contributed by atoms with E-state index in [0.717, 1.165) is 5.56 Å². The van der Waals surface area contributed by atoms with Crippen LogP contribution in [0, 0.1) is 11.3 Å². The minimum absolute atomic E-state index is 0.308. The van der Waals surface area contributed by atoms with Gasteiger partial charge in [0.2, 0.25) is 0 Å². The smallest absolute Gasteiger partial charge is 0.142 e. The highest BCUT2D eigenvalue weighted by molar-refractivity contribution is 6.30. The maximum atomic E-state index is 8.90. The van der Waals surface area contributed by atoms with Crippen LogP contribution in [-0.2, 0) is 11.4 Å². The topological polar surface area (TPSA) is 45.4 Å². The zero-order chi connectivity index (χ0) is 13.5. The van der Waals surface area contributed by atoms with E-state index in [1.807, 2.05) is 18.2 Å². The molecule has 0 spiro atoms. The van der Waals surface area contributed by atoms with Crippen LogP contribution < -0.4 is 0 Å². The van der Waals surface area contributed by atoms with Crippen molar-refractivity contribution in [3.8, 4) is 6.07 Å². The molecule has 0 bridgehead atoms. The van der Waals surface area contributed by atoms with E-state index in [1.54, 1.807) is 30.3 Å². The van der Waals surface area contributed by atoms with Crippen LogP contribution >= 0.6 is 11.6 Å². The molecule has 0 atom stereocenters. The van der Waals surface area contributed by atoms with Crippen LogP contribution in [0.4, 0.5) is 0 Å². The predicted octanol–water partition coefficient (Wildman–Crippen LogP) is 3.64. The van der Waals surface area contributed by atoms with Gasteiger partial charge in [0.25, 0.3) is 0 Å². The molecule has 0 amide bonds. The van der Waals surface area contributed by atoms with Crippen LogP contribution in [0.5, 0.6) is 0 Å². The summed E-state index contributed by atoms with van der Waals surface area (Å²) in [6.45, 7) is 0.308. The number of rotatable bonds is 4. The predicted molar refractivity (Wildman–Crippen MR) is 73.9 cm³/mol. The number of nitrogens with zero attached hydrogens (tertiary/aromatic N) is 2. The van der Waals surface area contributed by atoms with E-state index < -0.39 is 0 Å². The lowest BCUT2D eigenvalue weighted by molar-refractivity contribution is 0.132. The summed E-state index contributed by atoms with van der Waals surface area (Å²) in [5.41, 5.74) is 2.04. The molecule has 4 heteroatoms. The van der Waals surface area contributed by atoms with Crippen molar-refractivity contribution >= 4 is 17.8 Å². The van der Waals surface area contributed by atoms with Gasteiger partial charge in [-0.25, -0.2) is 0 Å². The van der Waals surface area contributed by atoms with Crippen LogP contribution in [0.2, 0.25) is 5.02 Å². The van der Waals surface area contributed by atoms with Gasteiger partial charge in [0.05, 0.1) is 11.6 Å². The van der Waals surface area contributed by atoms with Crippen molar-refractivity contribution in [3.05, 3.63) is 70.2 Å². The van der Waals surface area contributed by atoms with Gasteiger partial charge in [-0.1, -0.05) is 47.1 Å². The van der Waals surface area contributed by atoms with Gasteiger partial charge in [-0.05, 0) is 23.8 Å².